The molecule has 2 heterocycles. The number of nitrogens with zero attached hydrogens (tertiary/aromatic N) is 4. The average Bonchev–Trinajstić information content (AvgIpc) is 3.16. The number of H-pyrrole nitrogens is 1. The summed E-state index contributed by atoms with van der Waals surface area (Å²) in [6.45, 7) is 4.52. The number of hydrogen-bond acceptors (Lipinski definition) is 4. The summed E-state index contributed by atoms with van der Waals surface area (Å²) in [5.41, 5.74) is 2.28. The van der Waals surface area contributed by atoms with E-state index in [-0.39, 0.29) is 24.0 Å². The highest BCUT2D eigenvalue weighted by molar-refractivity contribution is 14.0. The van der Waals surface area contributed by atoms with Gasteiger partial charge in [0, 0.05) is 45.1 Å². The van der Waals surface area contributed by atoms with E-state index in [2.05, 4.69) is 42.4 Å². The third-order valence-corrected chi connectivity index (χ3v) is 4.22. The van der Waals surface area contributed by atoms with E-state index in [0.29, 0.717) is 6.54 Å². The monoisotopic (exact) mass is 456 g/mol. The Morgan fingerprint density at radius 1 is 1.20 bits per heavy atom. The Hall–Kier alpha value is -1.97. The van der Waals surface area contributed by atoms with Crippen LogP contribution < -0.4 is 15.0 Å². The number of piperazine rings is 1. The quantitative estimate of drug-likeness (QED) is 0.418. The first-order valence-corrected chi connectivity index (χ1v) is 8.13. The van der Waals surface area contributed by atoms with Gasteiger partial charge in [0.1, 0.15) is 5.75 Å². The Balaban J connectivity index is 0.00000225. The Labute approximate surface area is 165 Å². The molecule has 0 unspecified atom stereocenters. The van der Waals surface area contributed by atoms with E-state index in [4.69, 9.17) is 4.74 Å². The maximum absolute atomic E-state index is 5.22. The number of ether oxygens (including phenoxy) is 1. The Bertz CT molecular complexity index is 650. The number of benzene rings is 1. The zero-order valence-electron chi connectivity index (χ0n) is 14.6. The predicted molar refractivity (Wildman–Crippen MR) is 111 cm³/mol. The molecule has 0 amide bonds. The molecule has 0 bridgehead atoms. The van der Waals surface area contributed by atoms with Crippen molar-refractivity contribution in [3.63, 3.8) is 0 Å². The number of methoxy groups -OCH3 is 1. The molecule has 1 aliphatic rings. The fourth-order valence-corrected chi connectivity index (χ4v) is 2.86. The second-order valence-corrected chi connectivity index (χ2v) is 5.65. The van der Waals surface area contributed by atoms with Crippen molar-refractivity contribution >= 4 is 35.6 Å². The summed E-state index contributed by atoms with van der Waals surface area (Å²) in [7, 11) is 3.51. The van der Waals surface area contributed by atoms with Gasteiger partial charge < -0.3 is 19.9 Å². The van der Waals surface area contributed by atoms with Crippen LogP contribution in [0, 0.1) is 0 Å². The number of nitrogens with one attached hydrogen (secondary N) is 2. The van der Waals surface area contributed by atoms with Crippen LogP contribution in [0.5, 0.6) is 5.75 Å². The largest absolute Gasteiger partial charge is 0.497 e. The van der Waals surface area contributed by atoms with Gasteiger partial charge in [-0.2, -0.15) is 5.10 Å². The van der Waals surface area contributed by atoms with Gasteiger partial charge in [0.15, 0.2) is 5.96 Å². The molecule has 0 atom stereocenters. The lowest BCUT2D eigenvalue weighted by Gasteiger charge is -2.37. The Morgan fingerprint density at radius 2 is 1.92 bits per heavy atom. The summed E-state index contributed by atoms with van der Waals surface area (Å²) >= 11 is 0. The van der Waals surface area contributed by atoms with Gasteiger partial charge in [-0.1, -0.05) is 0 Å². The number of guanidine groups is 1. The zero-order valence-corrected chi connectivity index (χ0v) is 16.9. The average molecular weight is 456 g/mol. The van der Waals surface area contributed by atoms with E-state index in [1.807, 2.05) is 25.2 Å². The van der Waals surface area contributed by atoms with Crippen molar-refractivity contribution in [1.82, 2.24) is 20.4 Å². The van der Waals surface area contributed by atoms with E-state index < -0.39 is 0 Å². The smallest absolute Gasteiger partial charge is 0.194 e. The van der Waals surface area contributed by atoms with Crippen LogP contribution >= 0.6 is 24.0 Å². The first kappa shape index (κ1) is 19.4. The van der Waals surface area contributed by atoms with Gasteiger partial charge in [-0.3, -0.25) is 10.1 Å². The minimum Gasteiger partial charge on any atom is -0.497 e. The van der Waals surface area contributed by atoms with Crippen LogP contribution in [0.1, 0.15) is 5.69 Å². The standard InChI is InChI=1S/C17H24N6O.HI/c1-18-17(19-13-14-7-8-20-21-14)23-11-9-22(10-12-23)15-3-5-16(24-2)6-4-15;/h3-8H,9-13H2,1-2H3,(H,18,19)(H,20,21);1H. The Morgan fingerprint density at radius 3 is 2.48 bits per heavy atom. The number of aliphatic imine (C=N–C) groups is 1. The summed E-state index contributed by atoms with van der Waals surface area (Å²) in [4.78, 5) is 9.07. The van der Waals surface area contributed by atoms with Crippen LogP contribution in [0.25, 0.3) is 0 Å². The molecular weight excluding hydrogens is 431 g/mol. The third kappa shape index (κ3) is 5.00. The third-order valence-electron chi connectivity index (χ3n) is 4.22. The van der Waals surface area contributed by atoms with Crippen molar-refractivity contribution in [2.24, 2.45) is 4.99 Å². The molecule has 3 rings (SSSR count). The molecule has 1 fully saturated rings. The van der Waals surface area contributed by atoms with Crippen LogP contribution in [0.2, 0.25) is 0 Å². The molecule has 25 heavy (non-hydrogen) atoms. The number of halogens is 1. The minimum atomic E-state index is 0. The lowest BCUT2D eigenvalue weighted by atomic mass is 10.2. The Kier molecular flexibility index (Phi) is 7.35. The minimum absolute atomic E-state index is 0. The van der Waals surface area contributed by atoms with E-state index in [0.717, 1.165) is 43.6 Å². The molecular formula is C17H25IN6O. The van der Waals surface area contributed by atoms with E-state index >= 15 is 0 Å². The number of hydrogen-bond donors (Lipinski definition) is 2. The van der Waals surface area contributed by atoms with E-state index in [9.17, 15) is 0 Å². The van der Waals surface area contributed by atoms with Crippen molar-refractivity contribution in [3.05, 3.63) is 42.2 Å². The molecule has 8 heteroatoms. The normalized spacial score (nSPS) is 14.9. The van der Waals surface area contributed by atoms with Crippen LogP contribution in [0.15, 0.2) is 41.5 Å². The SMILES string of the molecule is CN=C(NCc1ccn[nH]1)N1CCN(c2ccc(OC)cc2)CC1.I. The number of anilines is 1. The van der Waals surface area contributed by atoms with Gasteiger partial charge in [0.05, 0.1) is 19.3 Å². The van der Waals surface area contributed by atoms with Crippen LogP contribution in [-0.2, 0) is 6.54 Å². The highest BCUT2D eigenvalue weighted by Crippen LogP contribution is 2.20. The maximum atomic E-state index is 5.22. The van der Waals surface area contributed by atoms with Crippen LogP contribution in [-0.4, -0.2) is 61.4 Å². The summed E-state index contributed by atoms with van der Waals surface area (Å²) in [6, 6.07) is 10.2. The van der Waals surface area contributed by atoms with Crippen molar-refractivity contribution in [2.75, 3.05) is 45.2 Å². The van der Waals surface area contributed by atoms with Gasteiger partial charge in [-0.15, -0.1) is 24.0 Å². The molecule has 0 saturated carbocycles. The van der Waals surface area contributed by atoms with Gasteiger partial charge in [0.25, 0.3) is 0 Å². The van der Waals surface area contributed by atoms with E-state index in [1.54, 1.807) is 13.3 Å². The van der Waals surface area contributed by atoms with Crippen LogP contribution in [0.4, 0.5) is 5.69 Å². The molecule has 2 aromatic rings. The first-order valence-electron chi connectivity index (χ1n) is 8.13. The van der Waals surface area contributed by atoms with Gasteiger partial charge in [0.2, 0.25) is 0 Å². The number of rotatable bonds is 4. The van der Waals surface area contributed by atoms with Gasteiger partial charge >= 0.3 is 0 Å². The summed E-state index contributed by atoms with van der Waals surface area (Å²) in [5, 5.41) is 10.3. The van der Waals surface area contributed by atoms with Crippen molar-refractivity contribution in [1.29, 1.82) is 0 Å². The molecule has 0 radical (unpaired) electrons. The fourth-order valence-electron chi connectivity index (χ4n) is 2.86. The lowest BCUT2D eigenvalue weighted by Crippen LogP contribution is -2.52. The van der Waals surface area contributed by atoms with Crippen molar-refractivity contribution < 1.29 is 4.74 Å². The zero-order chi connectivity index (χ0) is 16.8. The molecule has 1 aromatic carbocycles. The van der Waals surface area contributed by atoms with Crippen molar-refractivity contribution in [2.45, 2.75) is 6.54 Å². The van der Waals surface area contributed by atoms with Crippen molar-refractivity contribution in [3.8, 4) is 5.75 Å². The summed E-state index contributed by atoms with van der Waals surface area (Å²) in [5.74, 6) is 1.82. The predicted octanol–water partition coefficient (Wildman–Crippen LogP) is 1.93. The maximum Gasteiger partial charge on any atom is 0.194 e. The second-order valence-electron chi connectivity index (χ2n) is 5.65. The molecule has 1 saturated heterocycles. The molecule has 136 valence electrons. The van der Waals surface area contributed by atoms with Gasteiger partial charge in [-0.05, 0) is 30.3 Å². The molecule has 7 nitrogen and oxygen atoms in total. The highest BCUT2D eigenvalue weighted by atomic mass is 127. The highest BCUT2D eigenvalue weighted by Gasteiger charge is 2.19. The number of aromatic amines is 1. The summed E-state index contributed by atoms with van der Waals surface area (Å²) in [6.07, 6.45) is 1.76. The molecule has 2 N–H and O–H groups in total. The molecule has 1 aliphatic heterocycles. The van der Waals surface area contributed by atoms with Crippen LogP contribution in [0.3, 0.4) is 0 Å². The first-order chi connectivity index (χ1) is 11.8. The summed E-state index contributed by atoms with van der Waals surface area (Å²) < 4.78 is 5.22. The topological polar surface area (TPSA) is 68.8 Å². The van der Waals surface area contributed by atoms with Gasteiger partial charge in [-0.25, -0.2) is 0 Å². The fraction of sp³-hybridized carbons (Fsp3) is 0.412. The number of aromatic nitrogens is 2. The van der Waals surface area contributed by atoms with E-state index in [1.165, 1.54) is 5.69 Å². The molecule has 0 spiro atoms. The molecule has 0 aliphatic carbocycles. The lowest BCUT2D eigenvalue weighted by molar-refractivity contribution is 0.372. The second kappa shape index (κ2) is 9.50. The molecule has 1 aromatic heterocycles.